The van der Waals surface area contributed by atoms with E-state index < -0.39 is 0 Å². The number of nitrogens with zero attached hydrogens (tertiary/aromatic N) is 3. The summed E-state index contributed by atoms with van der Waals surface area (Å²) in [7, 11) is 0. The summed E-state index contributed by atoms with van der Waals surface area (Å²) in [6.07, 6.45) is 3.97. The molecule has 1 atom stereocenters. The van der Waals surface area contributed by atoms with E-state index in [9.17, 15) is 4.79 Å². The number of rotatable bonds is 9. The van der Waals surface area contributed by atoms with Crippen LogP contribution in [0, 0.1) is 5.92 Å². The smallest absolute Gasteiger partial charge is 0.230 e. The zero-order valence-corrected chi connectivity index (χ0v) is 17.6. The van der Waals surface area contributed by atoms with Crippen molar-refractivity contribution in [3.63, 3.8) is 0 Å². The third kappa shape index (κ3) is 4.90. The number of amides is 1. The minimum absolute atomic E-state index is 0.00178. The van der Waals surface area contributed by atoms with Gasteiger partial charge in [-0.3, -0.25) is 9.36 Å². The molecule has 152 valence electrons. The maximum Gasteiger partial charge on any atom is 0.230 e. The minimum atomic E-state index is -0.00712. The number of aromatic nitrogens is 3. The Morgan fingerprint density at radius 3 is 2.66 bits per heavy atom. The van der Waals surface area contributed by atoms with E-state index in [1.807, 2.05) is 30.3 Å². The van der Waals surface area contributed by atoms with Crippen molar-refractivity contribution in [3.05, 3.63) is 65.9 Å². The molecule has 3 aromatic rings. The van der Waals surface area contributed by atoms with E-state index in [2.05, 4.69) is 46.1 Å². The maximum absolute atomic E-state index is 12.7. The molecule has 1 fully saturated rings. The van der Waals surface area contributed by atoms with E-state index in [0.717, 1.165) is 35.1 Å². The molecule has 0 aliphatic heterocycles. The average Bonchev–Trinajstić information content (AvgIpc) is 3.28. The molecular formula is C22H26N4O2S. The van der Waals surface area contributed by atoms with Crippen LogP contribution < -0.4 is 5.32 Å². The molecule has 4 rings (SSSR count). The van der Waals surface area contributed by atoms with Gasteiger partial charge in [0.25, 0.3) is 0 Å². The molecule has 1 aromatic carbocycles. The quantitative estimate of drug-likeness (QED) is 0.529. The monoisotopic (exact) mass is 410 g/mol. The van der Waals surface area contributed by atoms with Crippen LogP contribution in [0.15, 0.2) is 58.3 Å². The Labute approximate surface area is 175 Å². The summed E-state index contributed by atoms with van der Waals surface area (Å²) in [5, 5.41) is 12.7. The summed E-state index contributed by atoms with van der Waals surface area (Å²) in [4.78, 5) is 12.7. The summed E-state index contributed by atoms with van der Waals surface area (Å²) in [6.45, 7) is 4.83. The molecule has 1 amide bonds. The number of thioether (sulfide) groups is 1. The molecule has 29 heavy (non-hydrogen) atoms. The molecule has 1 aliphatic rings. The third-order valence-corrected chi connectivity index (χ3v) is 6.02. The maximum atomic E-state index is 12.7. The first kappa shape index (κ1) is 19.8. The van der Waals surface area contributed by atoms with Gasteiger partial charge in [0.05, 0.1) is 24.6 Å². The molecule has 7 heteroatoms. The number of benzene rings is 1. The van der Waals surface area contributed by atoms with E-state index in [1.54, 1.807) is 6.26 Å². The van der Waals surface area contributed by atoms with E-state index in [0.29, 0.717) is 24.1 Å². The Morgan fingerprint density at radius 2 is 2.00 bits per heavy atom. The highest BCUT2D eigenvalue weighted by atomic mass is 32.2. The van der Waals surface area contributed by atoms with Crippen molar-refractivity contribution in [2.24, 2.45) is 5.92 Å². The molecule has 1 saturated carbocycles. The summed E-state index contributed by atoms with van der Waals surface area (Å²) in [5.74, 6) is 2.94. The van der Waals surface area contributed by atoms with Crippen LogP contribution in [0.1, 0.15) is 55.8 Å². The van der Waals surface area contributed by atoms with Gasteiger partial charge in [-0.05, 0) is 36.5 Å². The molecule has 0 spiro atoms. The van der Waals surface area contributed by atoms with Crippen molar-refractivity contribution in [1.29, 1.82) is 0 Å². The summed E-state index contributed by atoms with van der Waals surface area (Å²) >= 11 is 1.43. The highest BCUT2D eigenvalue weighted by molar-refractivity contribution is 7.99. The predicted octanol–water partition coefficient (Wildman–Crippen LogP) is 4.40. The van der Waals surface area contributed by atoms with Crippen molar-refractivity contribution < 1.29 is 9.21 Å². The predicted molar refractivity (Wildman–Crippen MR) is 113 cm³/mol. The Balaban J connectivity index is 1.42. The lowest BCUT2D eigenvalue weighted by Gasteiger charge is -2.22. The molecule has 2 aromatic heterocycles. The highest BCUT2D eigenvalue weighted by Crippen LogP contribution is 2.40. The Bertz CT molecular complexity index is 933. The normalized spacial score (nSPS) is 14.9. The number of hydrogen-bond donors (Lipinski definition) is 1. The molecule has 1 aliphatic carbocycles. The van der Waals surface area contributed by atoms with Gasteiger partial charge in [0.2, 0.25) is 5.91 Å². The van der Waals surface area contributed by atoms with Gasteiger partial charge in [0, 0.05) is 5.92 Å². The molecule has 0 saturated heterocycles. The van der Waals surface area contributed by atoms with Crippen molar-refractivity contribution in [1.82, 2.24) is 20.1 Å². The lowest BCUT2D eigenvalue weighted by atomic mass is 9.96. The van der Waals surface area contributed by atoms with Crippen LogP contribution in [0.3, 0.4) is 0 Å². The van der Waals surface area contributed by atoms with Gasteiger partial charge < -0.3 is 9.73 Å². The van der Waals surface area contributed by atoms with Crippen molar-refractivity contribution >= 4 is 17.7 Å². The molecular weight excluding hydrogens is 384 g/mol. The minimum Gasteiger partial charge on any atom is -0.467 e. The number of carbonyl (C=O) groups is 1. The fourth-order valence-electron chi connectivity index (χ4n) is 3.40. The van der Waals surface area contributed by atoms with Gasteiger partial charge in [0.15, 0.2) is 5.16 Å². The SMILES string of the molecule is CC(C)C(NC(=O)CSc1nnc(C2CC2)n1Cc1ccco1)c1ccccc1. The summed E-state index contributed by atoms with van der Waals surface area (Å²) < 4.78 is 7.59. The molecule has 1 unspecified atom stereocenters. The van der Waals surface area contributed by atoms with Crippen LogP contribution in [0.25, 0.3) is 0 Å². The third-order valence-electron chi connectivity index (χ3n) is 5.06. The van der Waals surface area contributed by atoms with E-state index in [1.165, 1.54) is 11.8 Å². The van der Waals surface area contributed by atoms with E-state index in [-0.39, 0.29) is 11.9 Å². The van der Waals surface area contributed by atoms with Crippen LogP contribution in [-0.2, 0) is 11.3 Å². The van der Waals surface area contributed by atoms with Gasteiger partial charge in [-0.15, -0.1) is 10.2 Å². The first-order valence-corrected chi connectivity index (χ1v) is 11.0. The van der Waals surface area contributed by atoms with Crippen LogP contribution in [-0.4, -0.2) is 26.4 Å². The second-order valence-corrected chi connectivity index (χ2v) is 8.71. The van der Waals surface area contributed by atoms with Crippen molar-refractivity contribution in [3.8, 4) is 0 Å². The Morgan fingerprint density at radius 1 is 1.21 bits per heavy atom. The van der Waals surface area contributed by atoms with E-state index in [4.69, 9.17) is 4.42 Å². The Hall–Kier alpha value is -2.54. The number of furan rings is 1. The lowest BCUT2D eigenvalue weighted by Crippen LogP contribution is -2.33. The van der Waals surface area contributed by atoms with Crippen LogP contribution in [0.2, 0.25) is 0 Å². The van der Waals surface area contributed by atoms with Crippen LogP contribution in [0.4, 0.5) is 0 Å². The van der Waals surface area contributed by atoms with Gasteiger partial charge >= 0.3 is 0 Å². The number of hydrogen-bond acceptors (Lipinski definition) is 5. The van der Waals surface area contributed by atoms with Crippen molar-refractivity contribution in [2.75, 3.05) is 5.75 Å². The second-order valence-electron chi connectivity index (χ2n) is 7.77. The van der Waals surface area contributed by atoms with Gasteiger partial charge in [0.1, 0.15) is 11.6 Å². The Kier molecular flexibility index (Phi) is 6.04. The molecule has 0 bridgehead atoms. The zero-order chi connectivity index (χ0) is 20.2. The van der Waals surface area contributed by atoms with E-state index >= 15 is 0 Å². The van der Waals surface area contributed by atoms with Crippen molar-refractivity contribution in [2.45, 2.75) is 50.4 Å². The fraction of sp³-hybridized carbons (Fsp3) is 0.409. The highest BCUT2D eigenvalue weighted by Gasteiger charge is 2.31. The molecule has 1 N–H and O–H groups in total. The number of carbonyl (C=O) groups excluding carboxylic acids is 1. The van der Waals surface area contributed by atoms with Crippen LogP contribution >= 0.6 is 11.8 Å². The van der Waals surface area contributed by atoms with Gasteiger partial charge in [-0.1, -0.05) is 55.9 Å². The topological polar surface area (TPSA) is 73.0 Å². The summed E-state index contributed by atoms with van der Waals surface area (Å²) in [6, 6.07) is 13.9. The lowest BCUT2D eigenvalue weighted by molar-refractivity contribution is -0.119. The number of nitrogens with one attached hydrogen (secondary N) is 1. The second kappa shape index (κ2) is 8.86. The van der Waals surface area contributed by atoms with Crippen LogP contribution in [0.5, 0.6) is 0 Å². The summed E-state index contributed by atoms with van der Waals surface area (Å²) in [5.41, 5.74) is 1.12. The molecule has 2 heterocycles. The first-order chi connectivity index (χ1) is 14.1. The zero-order valence-electron chi connectivity index (χ0n) is 16.7. The molecule has 0 radical (unpaired) electrons. The van der Waals surface area contributed by atoms with Gasteiger partial charge in [-0.2, -0.15) is 0 Å². The molecule has 6 nitrogen and oxygen atoms in total. The first-order valence-electron chi connectivity index (χ1n) is 10.0. The largest absolute Gasteiger partial charge is 0.467 e. The average molecular weight is 411 g/mol. The fourth-order valence-corrected chi connectivity index (χ4v) is 4.15. The standard InChI is InChI=1S/C22H26N4O2S/c1-15(2)20(16-7-4-3-5-8-16)23-19(27)14-29-22-25-24-21(17-10-11-17)26(22)13-18-9-6-12-28-18/h3-9,12,15,17,20H,10-11,13-14H2,1-2H3,(H,23,27). The van der Waals surface area contributed by atoms with Gasteiger partial charge in [-0.25, -0.2) is 0 Å².